The molecule has 1 saturated carbocycles. The molecule has 0 aromatic rings. The lowest BCUT2D eigenvalue weighted by molar-refractivity contribution is -0.116. The van der Waals surface area contributed by atoms with Crippen LogP contribution in [-0.2, 0) is 4.79 Å². The number of ketones is 1. The third-order valence-electron chi connectivity index (χ3n) is 3.74. The van der Waals surface area contributed by atoms with E-state index in [-0.39, 0.29) is 24.2 Å². The van der Waals surface area contributed by atoms with Gasteiger partial charge in [0.15, 0.2) is 5.78 Å². The second kappa shape index (κ2) is 4.72. The average Bonchev–Trinajstić information content (AvgIpc) is 2.57. The lowest BCUT2D eigenvalue weighted by Gasteiger charge is -2.21. The Labute approximate surface area is 100 Å². The van der Waals surface area contributed by atoms with Crippen molar-refractivity contribution in [3.63, 3.8) is 0 Å². The van der Waals surface area contributed by atoms with Gasteiger partial charge in [0.25, 0.3) is 0 Å². The molecule has 0 heterocycles. The van der Waals surface area contributed by atoms with E-state index in [1.165, 1.54) is 0 Å². The summed E-state index contributed by atoms with van der Waals surface area (Å²) in [7, 11) is 0. The summed E-state index contributed by atoms with van der Waals surface area (Å²) in [6.07, 6.45) is 2.57. The fourth-order valence-corrected chi connectivity index (χ4v) is 2.68. The van der Waals surface area contributed by atoms with E-state index in [1.807, 2.05) is 13.0 Å². The SMILES string of the molecule is CC1=CC=C([C@@H]2C[C@H](CO)[C@@H](O)[C@H]2O)C(=O)C1. The van der Waals surface area contributed by atoms with Gasteiger partial charge in [0.2, 0.25) is 0 Å². The van der Waals surface area contributed by atoms with Gasteiger partial charge in [0.1, 0.15) is 0 Å². The Balaban J connectivity index is 2.21. The van der Waals surface area contributed by atoms with Crippen molar-refractivity contribution < 1.29 is 20.1 Å². The van der Waals surface area contributed by atoms with Gasteiger partial charge in [-0.15, -0.1) is 0 Å². The van der Waals surface area contributed by atoms with Crippen LogP contribution in [0.2, 0.25) is 0 Å². The average molecular weight is 238 g/mol. The predicted molar refractivity (Wildman–Crippen MR) is 62.2 cm³/mol. The first-order valence-electron chi connectivity index (χ1n) is 5.92. The first-order valence-corrected chi connectivity index (χ1v) is 5.92. The molecule has 0 bridgehead atoms. The molecule has 0 spiro atoms. The number of carbonyl (C=O) groups is 1. The molecule has 0 amide bonds. The molecule has 94 valence electrons. The molecule has 0 radical (unpaired) electrons. The smallest absolute Gasteiger partial charge is 0.163 e. The lowest BCUT2D eigenvalue weighted by Crippen LogP contribution is -2.31. The van der Waals surface area contributed by atoms with Crippen molar-refractivity contribution in [3.05, 3.63) is 23.3 Å². The molecule has 4 heteroatoms. The molecule has 0 aliphatic heterocycles. The van der Waals surface area contributed by atoms with Crippen molar-refractivity contribution in [2.75, 3.05) is 6.61 Å². The van der Waals surface area contributed by atoms with Gasteiger partial charge in [-0.1, -0.05) is 17.7 Å². The van der Waals surface area contributed by atoms with Crippen LogP contribution in [0.15, 0.2) is 23.3 Å². The maximum Gasteiger partial charge on any atom is 0.163 e. The summed E-state index contributed by atoms with van der Waals surface area (Å²) in [6.45, 7) is 1.73. The van der Waals surface area contributed by atoms with Crippen LogP contribution in [-0.4, -0.2) is 39.9 Å². The zero-order valence-corrected chi connectivity index (χ0v) is 9.84. The predicted octanol–water partition coefficient (Wildman–Crippen LogP) is 0.182. The van der Waals surface area contributed by atoms with Crippen LogP contribution in [0.25, 0.3) is 0 Å². The minimum Gasteiger partial charge on any atom is -0.396 e. The van der Waals surface area contributed by atoms with Crippen LogP contribution in [0.1, 0.15) is 19.8 Å². The Morgan fingerprint density at radius 2 is 2.00 bits per heavy atom. The Bertz CT molecular complexity index is 383. The molecular weight excluding hydrogens is 220 g/mol. The minimum atomic E-state index is -0.950. The maximum absolute atomic E-state index is 11.9. The molecule has 2 aliphatic carbocycles. The number of rotatable bonds is 2. The van der Waals surface area contributed by atoms with Gasteiger partial charge in [-0.3, -0.25) is 4.79 Å². The van der Waals surface area contributed by atoms with Crippen LogP contribution in [0.3, 0.4) is 0 Å². The summed E-state index contributed by atoms with van der Waals surface area (Å²) in [5.74, 6) is -0.672. The monoisotopic (exact) mass is 238 g/mol. The van der Waals surface area contributed by atoms with Gasteiger partial charge in [-0.2, -0.15) is 0 Å². The highest BCUT2D eigenvalue weighted by Crippen LogP contribution is 2.38. The third-order valence-corrected chi connectivity index (χ3v) is 3.74. The van der Waals surface area contributed by atoms with Gasteiger partial charge in [-0.05, 0) is 13.3 Å². The first-order chi connectivity index (χ1) is 8.04. The number of carbonyl (C=O) groups excluding carboxylic acids is 1. The highest BCUT2D eigenvalue weighted by molar-refractivity contribution is 5.99. The molecule has 4 nitrogen and oxygen atoms in total. The fraction of sp³-hybridized carbons (Fsp3) is 0.615. The van der Waals surface area contributed by atoms with E-state index in [4.69, 9.17) is 5.11 Å². The van der Waals surface area contributed by atoms with Crippen LogP contribution >= 0.6 is 0 Å². The number of Topliss-reactive ketones (excluding diaryl/α,β-unsaturated/α-hetero) is 1. The van der Waals surface area contributed by atoms with Gasteiger partial charge >= 0.3 is 0 Å². The lowest BCUT2D eigenvalue weighted by atomic mass is 9.86. The van der Waals surface area contributed by atoms with E-state index in [1.54, 1.807) is 6.08 Å². The van der Waals surface area contributed by atoms with E-state index in [0.29, 0.717) is 18.4 Å². The van der Waals surface area contributed by atoms with Crippen molar-refractivity contribution in [2.24, 2.45) is 11.8 Å². The highest BCUT2D eigenvalue weighted by Gasteiger charge is 2.44. The van der Waals surface area contributed by atoms with Gasteiger partial charge in [0.05, 0.1) is 12.2 Å². The topological polar surface area (TPSA) is 77.8 Å². The number of hydrogen-bond acceptors (Lipinski definition) is 4. The summed E-state index contributed by atoms with van der Waals surface area (Å²) in [6, 6.07) is 0. The largest absolute Gasteiger partial charge is 0.396 e. The molecule has 0 aromatic heterocycles. The Hall–Kier alpha value is -0.970. The summed E-state index contributed by atoms with van der Waals surface area (Å²) >= 11 is 0. The van der Waals surface area contributed by atoms with E-state index in [2.05, 4.69) is 0 Å². The molecule has 3 N–H and O–H groups in total. The normalized spacial score (nSPS) is 38.0. The van der Waals surface area contributed by atoms with Crippen molar-refractivity contribution >= 4 is 5.78 Å². The van der Waals surface area contributed by atoms with Crippen LogP contribution in [0.5, 0.6) is 0 Å². The number of allylic oxidation sites excluding steroid dienone is 3. The summed E-state index contributed by atoms with van der Waals surface area (Å²) in [5.41, 5.74) is 1.59. The van der Waals surface area contributed by atoms with Gasteiger partial charge in [-0.25, -0.2) is 0 Å². The molecule has 17 heavy (non-hydrogen) atoms. The van der Waals surface area contributed by atoms with Gasteiger partial charge < -0.3 is 15.3 Å². The molecule has 2 rings (SSSR count). The number of aliphatic hydroxyl groups is 3. The molecular formula is C13H18O4. The summed E-state index contributed by atoms with van der Waals surface area (Å²) in [5, 5.41) is 28.7. The summed E-state index contributed by atoms with van der Waals surface area (Å²) in [4.78, 5) is 11.9. The zero-order chi connectivity index (χ0) is 12.6. The Morgan fingerprint density at radius 1 is 1.29 bits per heavy atom. The van der Waals surface area contributed by atoms with Gasteiger partial charge in [0, 0.05) is 30.4 Å². The van der Waals surface area contributed by atoms with Crippen molar-refractivity contribution in [3.8, 4) is 0 Å². The summed E-state index contributed by atoms with van der Waals surface area (Å²) < 4.78 is 0. The molecule has 0 unspecified atom stereocenters. The fourth-order valence-electron chi connectivity index (χ4n) is 2.68. The molecule has 0 saturated heterocycles. The Morgan fingerprint density at radius 3 is 2.53 bits per heavy atom. The first kappa shape index (κ1) is 12.5. The maximum atomic E-state index is 11.9. The van der Waals surface area contributed by atoms with E-state index >= 15 is 0 Å². The van der Waals surface area contributed by atoms with Crippen molar-refractivity contribution in [1.29, 1.82) is 0 Å². The van der Waals surface area contributed by atoms with Crippen molar-refractivity contribution in [1.82, 2.24) is 0 Å². The molecule has 1 fully saturated rings. The molecule has 2 aliphatic rings. The quantitative estimate of drug-likeness (QED) is 0.641. The van der Waals surface area contributed by atoms with E-state index in [0.717, 1.165) is 5.57 Å². The Kier molecular flexibility index (Phi) is 3.47. The van der Waals surface area contributed by atoms with Crippen molar-refractivity contribution in [2.45, 2.75) is 32.0 Å². The van der Waals surface area contributed by atoms with E-state index < -0.39 is 12.2 Å². The number of hydrogen-bond donors (Lipinski definition) is 3. The second-order valence-electron chi connectivity index (χ2n) is 5.00. The van der Waals surface area contributed by atoms with Crippen LogP contribution in [0, 0.1) is 11.8 Å². The minimum absolute atomic E-state index is 0.0137. The second-order valence-corrected chi connectivity index (χ2v) is 5.00. The highest BCUT2D eigenvalue weighted by atomic mass is 16.3. The van der Waals surface area contributed by atoms with E-state index in [9.17, 15) is 15.0 Å². The standard InChI is InChI=1S/C13H18O4/c1-7-2-3-9(11(15)4-7)10-5-8(6-14)12(16)13(10)17/h2-3,8,10,12-14,16-17H,4-6H2,1H3/t8-,10+,12-,13+/m1/s1. The number of aliphatic hydroxyl groups excluding tert-OH is 3. The molecule has 0 aromatic carbocycles. The molecule has 4 atom stereocenters. The van der Waals surface area contributed by atoms with Crippen LogP contribution < -0.4 is 0 Å². The zero-order valence-electron chi connectivity index (χ0n) is 9.84. The third kappa shape index (κ3) is 2.20. The van der Waals surface area contributed by atoms with Crippen LogP contribution in [0.4, 0.5) is 0 Å².